The molecule has 1 aliphatic rings. The van der Waals surface area contributed by atoms with Gasteiger partial charge in [0.2, 0.25) is 5.91 Å². The van der Waals surface area contributed by atoms with Crippen LogP contribution >= 0.6 is 0 Å². The van der Waals surface area contributed by atoms with E-state index in [1.54, 1.807) is 0 Å². The highest BCUT2D eigenvalue weighted by molar-refractivity contribution is 5.95. The lowest BCUT2D eigenvalue weighted by molar-refractivity contribution is -0.118. The fourth-order valence-corrected chi connectivity index (χ4v) is 2.69. The molecular formula is C17H27N3O. The summed E-state index contributed by atoms with van der Waals surface area (Å²) in [5, 5.41) is 3.01. The minimum atomic E-state index is -0.449. The van der Waals surface area contributed by atoms with Crippen molar-refractivity contribution in [1.29, 1.82) is 0 Å². The lowest BCUT2D eigenvalue weighted by atomic mass is 9.99. The summed E-state index contributed by atoms with van der Waals surface area (Å²) in [5.41, 5.74) is 8.08. The van der Waals surface area contributed by atoms with Gasteiger partial charge in [-0.15, -0.1) is 0 Å². The summed E-state index contributed by atoms with van der Waals surface area (Å²) in [6.45, 7) is 7.26. The minimum absolute atomic E-state index is 0.0850. The molecule has 4 nitrogen and oxygen atoms in total. The Morgan fingerprint density at radius 1 is 1.33 bits per heavy atom. The summed E-state index contributed by atoms with van der Waals surface area (Å²) < 4.78 is 0. The largest absolute Gasteiger partial charge is 0.324 e. The first kappa shape index (κ1) is 16.0. The second kappa shape index (κ2) is 7.57. The lowest BCUT2D eigenvalue weighted by Crippen LogP contribution is -2.40. The molecule has 2 atom stereocenters. The van der Waals surface area contributed by atoms with Crippen molar-refractivity contribution in [3.05, 3.63) is 29.8 Å². The number of benzene rings is 1. The van der Waals surface area contributed by atoms with Crippen LogP contribution < -0.4 is 11.1 Å². The molecule has 1 amide bonds. The Morgan fingerprint density at radius 3 is 2.67 bits per heavy atom. The van der Waals surface area contributed by atoms with Crippen LogP contribution in [0, 0.1) is 5.92 Å². The maximum atomic E-state index is 12.3. The molecule has 1 heterocycles. The van der Waals surface area contributed by atoms with E-state index in [-0.39, 0.29) is 11.8 Å². The van der Waals surface area contributed by atoms with Crippen LogP contribution in [0.4, 0.5) is 5.69 Å². The Kier molecular flexibility index (Phi) is 5.76. The van der Waals surface area contributed by atoms with Crippen LogP contribution in [0.25, 0.3) is 0 Å². The molecule has 1 fully saturated rings. The summed E-state index contributed by atoms with van der Waals surface area (Å²) in [4.78, 5) is 14.7. The molecule has 2 rings (SSSR count). The first-order chi connectivity index (χ1) is 10.1. The van der Waals surface area contributed by atoms with Gasteiger partial charge >= 0.3 is 0 Å². The molecule has 0 spiro atoms. The molecular weight excluding hydrogens is 262 g/mol. The third-order valence-corrected chi connectivity index (χ3v) is 4.43. The Bertz CT molecular complexity index is 469. The van der Waals surface area contributed by atoms with Crippen molar-refractivity contribution in [2.24, 2.45) is 11.7 Å². The van der Waals surface area contributed by atoms with Crippen molar-refractivity contribution >= 4 is 11.6 Å². The van der Waals surface area contributed by atoms with Crippen molar-refractivity contribution in [1.82, 2.24) is 4.90 Å². The standard InChI is InChI=1S/C17H27N3O/c1-3-13(2)16(18)17(21)19-15-9-5-4-8-14(15)12-20-10-6-7-11-20/h4-5,8-9,13,16H,3,6-7,10-12,18H2,1-2H3,(H,19,21). The molecule has 1 aromatic carbocycles. The van der Waals surface area contributed by atoms with Crippen LogP contribution in [0.15, 0.2) is 24.3 Å². The van der Waals surface area contributed by atoms with E-state index in [0.717, 1.165) is 31.7 Å². The molecule has 3 N–H and O–H groups in total. The van der Waals surface area contributed by atoms with E-state index in [1.807, 2.05) is 25.1 Å². The van der Waals surface area contributed by atoms with Gasteiger partial charge in [-0.05, 0) is 43.5 Å². The lowest BCUT2D eigenvalue weighted by Gasteiger charge is -2.21. The number of carbonyl (C=O) groups is 1. The van der Waals surface area contributed by atoms with Crippen LogP contribution in [-0.4, -0.2) is 29.9 Å². The molecule has 4 heteroatoms. The van der Waals surface area contributed by atoms with Gasteiger partial charge in [0.25, 0.3) is 0 Å². The molecule has 0 aromatic heterocycles. The number of nitrogens with zero attached hydrogens (tertiary/aromatic N) is 1. The number of hydrogen-bond donors (Lipinski definition) is 2. The van der Waals surface area contributed by atoms with Crippen LogP contribution in [0.3, 0.4) is 0 Å². The summed E-state index contributed by atoms with van der Waals surface area (Å²) in [7, 11) is 0. The van der Waals surface area contributed by atoms with E-state index in [1.165, 1.54) is 18.4 Å². The number of carbonyl (C=O) groups excluding carboxylic acids is 1. The Balaban J connectivity index is 2.03. The third kappa shape index (κ3) is 4.29. The number of hydrogen-bond acceptors (Lipinski definition) is 3. The van der Waals surface area contributed by atoms with Crippen molar-refractivity contribution in [3.8, 4) is 0 Å². The zero-order chi connectivity index (χ0) is 15.2. The molecule has 2 unspecified atom stereocenters. The minimum Gasteiger partial charge on any atom is -0.324 e. The van der Waals surface area contributed by atoms with E-state index >= 15 is 0 Å². The second-order valence-electron chi connectivity index (χ2n) is 6.04. The maximum absolute atomic E-state index is 12.3. The highest BCUT2D eigenvalue weighted by atomic mass is 16.2. The summed E-state index contributed by atoms with van der Waals surface area (Å²) in [5.74, 6) is 0.106. The molecule has 116 valence electrons. The van der Waals surface area contributed by atoms with E-state index < -0.39 is 6.04 Å². The van der Waals surface area contributed by atoms with Gasteiger partial charge in [0.15, 0.2) is 0 Å². The molecule has 1 saturated heterocycles. The molecule has 1 aliphatic heterocycles. The van der Waals surface area contributed by atoms with E-state index in [4.69, 9.17) is 5.73 Å². The third-order valence-electron chi connectivity index (χ3n) is 4.43. The van der Waals surface area contributed by atoms with Crippen molar-refractivity contribution < 1.29 is 4.79 Å². The molecule has 21 heavy (non-hydrogen) atoms. The molecule has 0 bridgehead atoms. The molecule has 0 saturated carbocycles. The van der Waals surface area contributed by atoms with Gasteiger partial charge in [0.05, 0.1) is 6.04 Å². The average molecular weight is 289 g/mol. The molecule has 1 aromatic rings. The second-order valence-corrected chi connectivity index (χ2v) is 6.04. The van der Waals surface area contributed by atoms with Crippen LogP contribution in [0.2, 0.25) is 0 Å². The van der Waals surface area contributed by atoms with Gasteiger partial charge < -0.3 is 11.1 Å². The highest BCUT2D eigenvalue weighted by Gasteiger charge is 2.21. The molecule has 0 radical (unpaired) electrons. The van der Waals surface area contributed by atoms with Gasteiger partial charge in [-0.25, -0.2) is 0 Å². The zero-order valence-electron chi connectivity index (χ0n) is 13.1. The van der Waals surface area contributed by atoms with Crippen molar-refractivity contribution in [2.75, 3.05) is 18.4 Å². The fourth-order valence-electron chi connectivity index (χ4n) is 2.69. The normalized spacial score (nSPS) is 18.4. The predicted molar refractivity (Wildman–Crippen MR) is 87.0 cm³/mol. The number of anilines is 1. The number of nitrogens with two attached hydrogens (primary N) is 1. The maximum Gasteiger partial charge on any atom is 0.241 e. The highest BCUT2D eigenvalue weighted by Crippen LogP contribution is 2.20. The zero-order valence-corrected chi connectivity index (χ0v) is 13.1. The average Bonchev–Trinajstić information content (AvgIpc) is 3.00. The smallest absolute Gasteiger partial charge is 0.241 e. The number of likely N-dealkylation sites (tertiary alicyclic amines) is 1. The number of rotatable bonds is 6. The Hall–Kier alpha value is -1.39. The number of nitrogens with one attached hydrogen (secondary N) is 1. The Morgan fingerprint density at radius 2 is 2.00 bits per heavy atom. The quantitative estimate of drug-likeness (QED) is 0.846. The number of para-hydroxylation sites is 1. The predicted octanol–water partition coefficient (Wildman–Crippen LogP) is 2.59. The Labute approximate surface area is 127 Å². The van der Waals surface area contributed by atoms with Crippen LogP contribution in [0.5, 0.6) is 0 Å². The first-order valence-corrected chi connectivity index (χ1v) is 7.98. The van der Waals surface area contributed by atoms with Crippen LogP contribution in [0.1, 0.15) is 38.7 Å². The SMILES string of the molecule is CCC(C)C(N)C(=O)Nc1ccccc1CN1CCCC1. The van der Waals surface area contributed by atoms with Gasteiger partial charge in [0, 0.05) is 12.2 Å². The van der Waals surface area contributed by atoms with Crippen molar-refractivity contribution in [3.63, 3.8) is 0 Å². The monoisotopic (exact) mass is 289 g/mol. The molecule has 0 aliphatic carbocycles. The summed E-state index contributed by atoms with van der Waals surface area (Å²) in [6, 6.07) is 7.58. The van der Waals surface area contributed by atoms with E-state index in [2.05, 4.69) is 23.2 Å². The first-order valence-electron chi connectivity index (χ1n) is 7.98. The van der Waals surface area contributed by atoms with E-state index in [9.17, 15) is 4.79 Å². The summed E-state index contributed by atoms with van der Waals surface area (Å²) in [6.07, 6.45) is 3.45. The van der Waals surface area contributed by atoms with Crippen molar-refractivity contribution in [2.45, 2.75) is 45.7 Å². The van der Waals surface area contributed by atoms with Crippen LogP contribution in [-0.2, 0) is 11.3 Å². The topological polar surface area (TPSA) is 58.4 Å². The summed E-state index contributed by atoms with van der Waals surface area (Å²) >= 11 is 0. The number of amides is 1. The van der Waals surface area contributed by atoms with Gasteiger partial charge in [0.1, 0.15) is 0 Å². The van der Waals surface area contributed by atoms with Gasteiger partial charge in [-0.2, -0.15) is 0 Å². The van der Waals surface area contributed by atoms with Gasteiger partial charge in [-0.1, -0.05) is 38.5 Å². The fraction of sp³-hybridized carbons (Fsp3) is 0.588. The van der Waals surface area contributed by atoms with Gasteiger partial charge in [-0.3, -0.25) is 9.69 Å². The van der Waals surface area contributed by atoms with E-state index in [0.29, 0.717) is 0 Å².